The van der Waals surface area contributed by atoms with Gasteiger partial charge in [-0.1, -0.05) is 47.2 Å². The summed E-state index contributed by atoms with van der Waals surface area (Å²) >= 11 is 7.53. The van der Waals surface area contributed by atoms with Crippen molar-refractivity contribution in [3.8, 4) is 0 Å². The number of hydrogen-bond acceptors (Lipinski definition) is 4. The van der Waals surface area contributed by atoms with Crippen molar-refractivity contribution >= 4 is 44.2 Å². The van der Waals surface area contributed by atoms with E-state index in [0.29, 0.717) is 22.3 Å². The van der Waals surface area contributed by atoms with Gasteiger partial charge in [0, 0.05) is 16.8 Å². The normalized spacial score (nSPS) is 10.8. The molecule has 0 saturated heterocycles. The van der Waals surface area contributed by atoms with Crippen molar-refractivity contribution < 1.29 is 4.79 Å². The maximum Gasteiger partial charge on any atom is 0.260 e. The third-order valence-electron chi connectivity index (χ3n) is 3.88. The second kappa shape index (κ2) is 7.23. The smallest absolute Gasteiger partial charge is 0.260 e. The van der Waals surface area contributed by atoms with Crippen LogP contribution in [0.25, 0.3) is 10.2 Å². The lowest BCUT2D eigenvalue weighted by atomic mass is 10.2. The van der Waals surface area contributed by atoms with E-state index in [4.69, 9.17) is 11.6 Å². The number of hydrogen-bond donors (Lipinski definition) is 0. The quantitative estimate of drug-likeness (QED) is 0.490. The lowest BCUT2D eigenvalue weighted by molar-refractivity contribution is 0.0985. The third kappa shape index (κ3) is 3.45. The predicted octanol–water partition coefficient (Wildman–Crippen LogP) is 5.19. The van der Waals surface area contributed by atoms with Gasteiger partial charge in [0.1, 0.15) is 0 Å². The largest absolute Gasteiger partial charge is 0.278 e. The molecule has 0 saturated carbocycles. The molecule has 0 bridgehead atoms. The summed E-state index contributed by atoms with van der Waals surface area (Å²) in [5, 5.41) is 1.28. The molecule has 0 fully saturated rings. The number of aromatic nitrogens is 2. The number of benzene rings is 2. The van der Waals surface area contributed by atoms with E-state index in [0.717, 1.165) is 15.9 Å². The minimum Gasteiger partial charge on any atom is -0.278 e. The molecule has 26 heavy (non-hydrogen) atoms. The molecule has 4 rings (SSSR count). The highest BCUT2D eigenvalue weighted by atomic mass is 35.5. The summed E-state index contributed by atoms with van der Waals surface area (Å²) in [6.45, 7) is 0.349. The van der Waals surface area contributed by atoms with Crippen LogP contribution in [0.5, 0.6) is 0 Å². The molecule has 4 aromatic rings. The van der Waals surface area contributed by atoms with Crippen LogP contribution >= 0.6 is 22.9 Å². The molecule has 0 aliphatic heterocycles. The van der Waals surface area contributed by atoms with E-state index < -0.39 is 0 Å². The molecule has 128 valence electrons. The molecule has 2 aromatic carbocycles. The van der Waals surface area contributed by atoms with Crippen LogP contribution < -0.4 is 4.90 Å². The standard InChI is InChI=1S/C20H14ClN3OS/c21-15-9-10-17-18(12-15)26-20(23-17)24(13-16-8-4-5-11-22-16)19(25)14-6-2-1-3-7-14/h1-12H,13H2. The fourth-order valence-corrected chi connectivity index (χ4v) is 3.86. The number of amides is 1. The van der Waals surface area contributed by atoms with Crippen LogP contribution in [0.2, 0.25) is 5.02 Å². The van der Waals surface area contributed by atoms with E-state index >= 15 is 0 Å². The molecule has 2 heterocycles. The number of carbonyl (C=O) groups is 1. The summed E-state index contributed by atoms with van der Waals surface area (Å²) in [5.41, 5.74) is 2.23. The first kappa shape index (κ1) is 16.7. The maximum absolute atomic E-state index is 13.1. The van der Waals surface area contributed by atoms with E-state index in [-0.39, 0.29) is 5.91 Å². The van der Waals surface area contributed by atoms with Crippen LogP contribution in [0.4, 0.5) is 5.13 Å². The Bertz CT molecular complexity index is 1050. The predicted molar refractivity (Wildman–Crippen MR) is 106 cm³/mol. The molecule has 4 nitrogen and oxygen atoms in total. The summed E-state index contributed by atoms with van der Waals surface area (Å²) < 4.78 is 0.944. The summed E-state index contributed by atoms with van der Waals surface area (Å²) in [7, 11) is 0. The van der Waals surface area contributed by atoms with Gasteiger partial charge in [0.25, 0.3) is 5.91 Å². The van der Waals surface area contributed by atoms with Crippen molar-refractivity contribution in [1.29, 1.82) is 0 Å². The second-order valence-electron chi connectivity index (χ2n) is 5.69. The molecule has 0 radical (unpaired) electrons. The van der Waals surface area contributed by atoms with E-state index in [9.17, 15) is 4.79 Å². The summed E-state index contributed by atoms with van der Waals surface area (Å²) in [6, 6.07) is 20.4. The van der Waals surface area contributed by atoms with Crippen LogP contribution in [0.1, 0.15) is 16.1 Å². The van der Waals surface area contributed by atoms with Crippen molar-refractivity contribution in [3.63, 3.8) is 0 Å². The molecule has 0 spiro atoms. The molecule has 0 unspecified atom stereocenters. The number of fused-ring (bicyclic) bond motifs is 1. The van der Waals surface area contributed by atoms with Gasteiger partial charge in [-0.25, -0.2) is 4.98 Å². The van der Waals surface area contributed by atoms with Crippen molar-refractivity contribution in [2.75, 3.05) is 4.90 Å². The Morgan fingerprint density at radius 3 is 2.62 bits per heavy atom. The fraction of sp³-hybridized carbons (Fsp3) is 0.0500. The van der Waals surface area contributed by atoms with Crippen LogP contribution in [-0.4, -0.2) is 15.9 Å². The highest BCUT2D eigenvalue weighted by molar-refractivity contribution is 7.22. The Hall–Kier alpha value is -2.76. The highest BCUT2D eigenvalue weighted by Crippen LogP contribution is 2.32. The summed E-state index contributed by atoms with van der Waals surface area (Å²) in [6.07, 6.45) is 1.72. The van der Waals surface area contributed by atoms with E-state index in [1.165, 1.54) is 11.3 Å². The van der Waals surface area contributed by atoms with Gasteiger partial charge in [-0.15, -0.1) is 0 Å². The van der Waals surface area contributed by atoms with Crippen LogP contribution in [0.15, 0.2) is 72.9 Å². The first-order valence-corrected chi connectivity index (χ1v) is 9.23. The number of pyridine rings is 1. The average Bonchev–Trinajstić information content (AvgIpc) is 3.10. The average molecular weight is 380 g/mol. The molecule has 1 amide bonds. The van der Waals surface area contributed by atoms with Gasteiger partial charge < -0.3 is 0 Å². The van der Waals surface area contributed by atoms with E-state index in [1.54, 1.807) is 29.3 Å². The van der Waals surface area contributed by atoms with Gasteiger partial charge in [0.15, 0.2) is 5.13 Å². The Kier molecular flexibility index (Phi) is 4.65. The van der Waals surface area contributed by atoms with Gasteiger partial charge in [-0.05, 0) is 42.5 Å². The zero-order valence-corrected chi connectivity index (χ0v) is 15.2. The Balaban J connectivity index is 1.77. The number of rotatable bonds is 4. The number of thiazole rings is 1. The zero-order chi connectivity index (χ0) is 17.9. The molecular weight excluding hydrogens is 366 g/mol. The first-order chi connectivity index (χ1) is 12.7. The summed E-state index contributed by atoms with van der Waals surface area (Å²) in [4.78, 5) is 23.8. The molecule has 0 aliphatic rings. The Morgan fingerprint density at radius 1 is 1.04 bits per heavy atom. The van der Waals surface area contributed by atoms with E-state index in [1.807, 2.05) is 48.5 Å². The minimum absolute atomic E-state index is 0.110. The SMILES string of the molecule is O=C(c1ccccc1)N(Cc1ccccn1)c1nc2ccc(Cl)cc2s1. The van der Waals surface area contributed by atoms with Gasteiger partial charge in [-0.2, -0.15) is 0 Å². The number of anilines is 1. The molecule has 0 aliphatic carbocycles. The van der Waals surface area contributed by atoms with Crippen LogP contribution in [-0.2, 0) is 6.54 Å². The van der Waals surface area contributed by atoms with Gasteiger partial charge >= 0.3 is 0 Å². The van der Waals surface area contributed by atoms with Crippen molar-refractivity contribution in [2.24, 2.45) is 0 Å². The maximum atomic E-state index is 13.1. The number of nitrogens with zero attached hydrogens (tertiary/aromatic N) is 3. The molecule has 0 N–H and O–H groups in total. The molecular formula is C20H14ClN3OS. The lowest BCUT2D eigenvalue weighted by Gasteiger charge is -2.19. The third-order valence-corrected chi connectivity index (χ3v) is 5.16. The van der Waals surface area contributed by atoms with Gasteiger partial charge in [-0.3, -0.25) is 14.7 Å². The number of halogens is 1. The number of carbonyl (C=O) groups excluding carboxylic acids is 1. The molecule has 6 heteroatoms. The minimum atomic E-state index is -0.110. The Morgan fingerprint density at radius 2 is 1.85 bits per heavy atom. The molecule has 0 atom stereocenters. The van der Waals surface area contributed by atoms with E-state index in [2.05, 4.69) is 9.97 Å². The lowest BCUT2D eigenvalue weighted by Crippen LogP contribution is -2.30. The van der Waals surface area contributed by atoms with Crippen molar-refractivity contribution in [1.82, 2.24) is 9.97 Å². The van der Waals surface area contributed by atoms with Crippen LogP contribution in [0, 0.1) is 0 Å². The van der Waals surface area contributed by atoms with Gasteiger partial charge in [0.05, 0.1) is 22.5 Å². The van der Waals surface area contributed by atoms with Crippen molar-refractivity contribution in [3.05, 3.63) is 89.2 Å². The monoisotopic (exact) mass is 379 g/mol. The first-order valence-electron chi connectivity index (χ1n) is 8.03. The highest BCUT2D eigenvalue weighted by Gasteiger charge is 2.22. The topological polar surface area (TPSA) is 46.1 Å². The molecule has 2 aromatic heterocycles. The summed E-state index contributed by atoms with van der Waals surface area (Å²) in [5.74, 6) is -0.110. The van der Waals surface area contributed by atoms with Gasteiger partial charge in [0.2, 0.25) is 0 Å². The van der Waals surface area contributed by atoms with Crippen LogP contribution in [0.3, 0.4) is 0 Å². The second-order valence-corrected chi connectivity index (χ2v) is 7.13. The fourth-order valence-electron chi connectivity index (χ4n) is 2.62. The Labute approximate surface area is 159 Å². The van der Waals surface area contributed by atoms with Crippen molar-refractivity contribution in [2.45, 2.75) is 6.54 Å². The zero-order valence-electron chi connectivity index (χ0n) is 13.7.